The summed E-state index contributed by atoms with van der Waals surface area (Å²) in [6.07, 6.45) is 2.62. The maximum atomic E-state index is 12.5. The average molecular weight is 308 g/mol. The van der Waals surface area contributed by atoms with Crippen molar-refractivity contribution in [3.05, 3.63) is 63.4 Å². The van der Waals surface area contributed by atoms with Crippen LogP contribution in [0.25, 0.3) is 5.70 Å². The molecule has 1 aromatic carbocycles. The van der Waals surface area contributed by atoms with Crippen LogP contribution in [0.2, 0.25) is 0 Å². The van der Waals surface area contributed by atoms with Crippen molar-refractivity contribution in [1.82, 2.24) is 5.32 Å². The molecule has 0 atom stereocenters. The molecule has 4 heteroatoms. The number of benzene rings is 1. The quantitative estimate of drug-likeness (QED) is 0.679. The zero-order chi connectivity index (χ0) is 15.7. The van der Waals surface area contributed by atoms with Crippen LogP contribution in [0.15, 0.2) is 41.8 Å². The fourth-order valence-electron chi connectivity index (χ4n) is 2.63. The van der Waals surface area contributed by atoms with Crippen LogP contribution in [-0.4, -0.2) is 11.3 Å². The number of hydrogen-bond acceptors (Lipinski definition) is 4. The minimum absolute atomic E-state index is 0.0539. The van der Waals surface area contributed by atoms with Crippen LogP contribution >= 0.6 is 11.3 Å². The van der Waals surface area contributed by atoms with Gasteiger partial charge in [-0.25, -0.2) is 0 Å². The van der Waals surface area contributed by atoms with Gasteiger partial charge >= 0.3 is 0 Å². The van der Waals surface area contributed by atoms with Crippen molar-refractivity contribution < 1.29 is 4.79 Å². The molecule has 0 aliphatic carbocycles. The van der Waals surface area contributed by atoms with Crippen molar-refractivity contribution in [3.63, 3.8) is 0 Å². The summed E-state index contributed by atoms with van der Waals surface area (Å²) in [5.74, 6) is -0.0539. The van der Waals surface area contributed by atoms with Gasteiger partial charge in [-0.3, -0.25) is 4.79 Å². The Bertz CT molecular complexity index is 791. The third-order valence-corrected chi connectivity index (χ3v) is 4.61. The number of nitrogens with zero attached hydrogens (tertiary/aromatic N) is 1. The Labute approximate surface area is 133 Å². The highest BCUT2D eigenvalue weighted by molar-refractivity contribution is 7.10. The standard InChI is InChI=1S/C18H16N2OS/c1-18(2)10-17-14(7-8-22-17)15(20-18)9-16(21)13-5-3-12(11-19)4-6-13/h3-9,20H,10H2,1-2H3. The maximum absolute atomic E-state index is 12.5. The number of nitriles is 1. The third-order valence-electron chi connectivity index (χ3n) is 3.69. The fraction of sp³-hybridized carbons (Fsp3) is 0.222. The average Bonchev–Trinajstić information content (AvgIpc) is 2.94. The monoisotopic (exact) mass is 308 g/mol. The van der Waals surface area contributed by atoms with Gasteiger partial charge in [-0.15, -0.1) is 11.3 Å². The van der Waals surface area contributed by atoms with E-state index in [0.717, 1.165) is 17.7 Å². The molecule has 1 aliphatic rings. The summed E-state index contributed by atoms with van der Waals surface area (Å²) in [6.45, 7) is 4.27. The van der Waals surface area contributed by atoms with Crippen molar-refractivity contribution in [2.75, 3.05) is 0 Å². The van der Waals surface area contributed by atoms with Gasteiger partial charge < -0.3 is 5.32 Å². The molecule has 3 nitrogen and oxygen atoms in total. The van der Waals surface area contributed by atoms with E-state index in [1.165, 1.54) is 4.88 Å². The van der Waals surface area contributed by atoms with Crippen LogP contribution in [0.1, 0.15) is 40.2 Å². The molecule has 0 radical (unpaired) electrons. The molecule has 0 unspecified atom stereocenters. The Morgan fingerprint density at radius 2 is 2.05 bits per heavy atom. The number of nitrogens with one attached hydrogen (secondary N) is 1. The van der Waals surface area contributed by atoms with E-state index in [4.69, 9.17) is 5.26 Å². The van der Waals surface area contributed by atoms with Crippen molar-refractivity contribution in [1.29, 1.82) is 5.26 Å². The summed E-state index contributed by atoms with van der Waals surface area (Å²) in [4.78, 5) is 13.8. The van der Waals surface area contributed by atoms with E-state index < -0.39 is 0 Å². The Morgan fingerprint density at radius 3 is 2.73 bits per heavy atom. The van der Waals surface area contributed by atoms with Crippen LogP contribution in [0, 0.1) is 11.3 Å². The van der Waals surface area contributed by atoms with E-state index >= 15 is 0 Å². The molecule has 1 N–H and O–H groups in total. The highest BCUT2D eigenvalue weighted by Gasteiger charge is 2.28. The molecule has 2 heterocycles. The summed E-state index contributed by atoms with van der Waals surface area (Å²) >= 11 is 1.73. The second-order valence-corrected chi connectivity index (χ2v) is 7.06. The molecule has 0 bridgehead atoms. The van der Waals surface area contributed by atoms with Gasteiger partial charge in [0.1, 0.15) is 0 Å². The molecule has 0 fully saturated rings. The number of carbonyl (C=O) groups is 1. The first kappa shape index (κ1) is 14.6. The van der Waals surface area contributed by atoms with Crippen LogP contribution in [-0.2, 0) is 6.42 Å². The van der Waals surface area contributed by atoms with Gasteiger partial charge in [-0.2, -0.15) is 5.26 Å². The molecular weight excluding hydrogens is 292 g/mol. The Morgan fingerprint density at radius 1 is 1.32 bits per heavy atom. The van der Waals surface area contributed by atoms with Crippen molar-refractivity contribution in [2.24, 2.45) is 0 Å². The Kier molecular flexibility index (Phi) is 3.59. The lowest BCUT2D eigenvalue weighted by Gasteiger charge is -2.33. The number of rotatable bonds is 2. The zero-order valence-corrected chi connectivity index (χ0v) is 13.3. The minimum Gasteiger partial charge on any atom is -0.379 e. The van der Waals surface area contributed by atoms with Gasteiger partial charge in [0.25, 0.3) is 0 Å². The molecule has 0 amide bonds. The molecule has 0 saturated carbocycles. The van der Waals surface area contributed by atoms with Gasteiger partial charge in [0.15, 0.2) is 5.78 Å². The number of fused-ring (bicyclic) bond motifs is 1. The summed E-state index contributed by atoms with van der Waals surface area (Å²) in [5, 5.41) is 14.3. The smallest absolute Gasteiger partial charge is 0.187 e. The van der Waals surface area contributed by atoms with E-state index in [2.05, 4.69) is 36.7 Å². The lowest BCUT2D eigenvalue weighted by atomic mass is 9.91. The molecule has 2 aromatic rings. The number of ketones is 1. The van der Waals surface area contributed by atoms with Gasteiger partial charge in [-0.05, 0) is 49.6 Å². The van der Waals surface area contributed by atoms with Crippen LogP contribution in [0.3, 0.4) is 0 Å². The zero-order valence-electron chi connectivity index (χ0n) is 12.5. The highest BCUT2D eigenvalue weighted by atomic mass is 32.1. The second kappa shape index (κ2) is 5.43. The molecule has 110 valence electrons. The summed E-state index contributed by atoms with van der Waals surface area (Å²) in [7, 11) is 0. The van der Waals surface area contributed by atoms with Gasteiger partial charge in [0.05, 0.1) is 11.6 Å². The van der Waals surface area contributed by atoms with Crippen molar-refractivity contribution >= 4 is 22.8 Å². The van der Waals surface area contributed by atoms with Gasteiger partial charge in [0.2, 0.25) is 0 Å². The third kappa shape index (κ3) is 2.81. The lowest BCUT2D eigenvalue weighted by molar-refractivity contribution is 0.104. The second-order valence-electron chi connectivity index (χ2n) is 6.05. The van der Waals surface area contributed by atoms with Crippen LogP contribution < -0.4 is 5.32 Å². The summed E-state index contributed by atoms with van der Waals surface area (Å²) in [6, 6.07) is 10.8. The normalized spacial score (nSPS) is 17.4. The van der Waals surface area contributed by atoms with Gasteiger partial charge in [0, 0.05) is 39.7 Å². The van der Waals surface area contributed by atoms with Gasteiger partial charge in [-0.1, -0.05) is 0 Å². The largest absolute Gasteiger partial charge is 0.379 e. The highest BCUT2D eigenvalue weighted by Crippen LogP contribution is 2.33. The van der Waals surface area contributed by atoms with E-state index in [1.54, 1.807) is 41.7 Å². The minimum atomic E-state index is -0.0609. The van der Waals surface area contributed by atoms with Crippen LogP contribution in [0.4, 0.5) is 0 Å². The SMILES string of the molecule is CC1(C)Cc2sccc2C(=CC(=O)c2ccc(C#N)cc2)N1. The predicted molar refractivity (Wildman–Crippen MR) is 88.7 cm³/mol. The first-order valence-corrected chi connectivity index (χ1v) is 7.98. The predicted octanol–water partition coefficient (Wildman–Crippen LogP) is 3.77. The number of allylic oxidation sites excluding steroid dienone is 1. The van der Waals surface area contributed by atoms with E-state index in [1.807, 2.05) is 0 Å². The topological polar surface area (TPSA) is 52.9 Å². The molecule has 1 aromatic heterocycles. The van der Waals surface area contributed by atoms with E-state index in [0.29, 0.717) is 11.1 Å². The fourth-order valence-corrected chi connectivity index (χ4v) is 3.75. The van der Waals surface area contributed by atoms with Crippen molar-refractivity contribution in [3.8, 4) is 6.07 Å². The summed E-state index contributed by atoms with van der Waals surface area (Å²) < 4.78 is 0. The number of hydrogen-bond donors (Lipinski definition) is 1. The van der Waals surface area contributed by atoms with Crippen LogP contribution in [0.5, 0.6) is 0 Å². The first-order chi connectivity index (χ1) is 10.5. The molecule has 0 spiro atoms. The molecule has 1 aliphatic heterocycles. The first-order valence-electron chi connectivity index (χ1n) is 7.10. The maximum Gasteiger partial charge on any atom is 0.187 e. The van der Waals surface area contributed by atoms with Crippen molar-refractivity contribution in [2.45, 2.75) is 25.8 Å². The molecular formula is C18H16N2OS. The Balaban J connectivity index is 1.94. The molecule has 3 rings (SSSR count). The number of carbonyl (C=O) groups excluding carboxylic acids is 1. The summed E-state index contributed by atoms with van der Waals surface area (Å²) in [5.41, 5.74) is 3.08. The van der Waals surface area contributed by atoms with E-state index in [-0.39, 0.29) is 11.3 Å². The van der Waals surface area contributed by atoms with E-state index in [9.17, 15) is 4.79 Å². The molecule has 0 saturated heterocycles. The number of thiophene rings is 1. The molecule has 22 heavy (non-hydrogen) atoms. The Hall–Kier alpha value is -2.38. The lowest BCUT2D eigenvalue weighted by Crippen LogP contribution is -2.43.